The molecule has 0 bridgehead atoms. The fourth-order valence-corrected chi connectivity index (χ4v) is 7.72. The monoisotopic (exact) mass is 887 g/mol. The molecule has 0 aliphatic heterocycles. The van der Waals surface area contributed by atoms with Crippen molar-refractivity contribution in [3.8, 4) is 34.3 Å². The van der Waals surface area contributed by atoms with Crippen molar-refractivity contribution in [2.45, 2.75) is 54.3 Å². The van der Waals surface area contributed by atoms with E-state index in [1.807, 2.05) is 105 Å². The molecule has 268 valence electrons. The third-order valence-electron chi connectivity index (χ3n) is 9.96. The van der Waals surface area contributed by atoms with Crippen molar-refractivity contribution in [3.63, 3.8) is 0 Å². The summed E-state index contributed by atoms with van der Waals surface area (Å²) in [7, 11) is 0. The van der Waals surface area contributed by atoms with Crippen LogP contribution in [0.15, 0.2) is 109 Å². The molecular weight excluding hydrogens is 844 g/mol. The molecule has 0 aliphatic carbocycles. The molecule has 0 amide bonds. The Morgan fingerprint density at radius 3 is 2.00 bits per heavy atom. The molecule has 0 unspecified atom stereocenters. The number of rotatable bonds is 7. The molecule has 0 aliphatic rings. The number of hydrogen-bond acceptors (Lipinski definition) is 3. The smallest absolute Gasteiger partial charge is 0.503 e. The third-order valence-corrected chi connectivity index (χ3v) is 9.96. The van der Waals surface area contributed by atoms with Crippen molar-refractivity contribution in [3.05, 3.63) is 155 Å². The summed E-state index contributed by atoms with van der Waals surface area (Å²) in [6.45, 7) is 11.2. The van der Waals surface area contributed by atoms with Gasteiger partial charge in [-0.25, -0.2) is 4.98 Å². The van der Waals surface area contributed by atoms with Crippen LogP contribution in [0.5, 0.6) is 11.5 Å². The van der Waals surface area contributed by atoms with Gasteiger partial charge in [0.1, 0.15) is 5.82 Å². The Kier molecular flexibility index (Phi) is 8.04. The molecule has 0 fully saturated rings. The van der Waals surface area contributed by atoms with Crippen LogP contribution in [0.4, 0.5) is 0 Å². The van der Waals surface area contributed by atoms with Crippen molar-refractivity contribution in [2.75, 3.05) is 0 Å². The van der Waals surface area contributed by atoms with Gasteiger partial charge in [-0.1, -0.05) is 91.5 Å². The number of ether oxygens (including phenoxy) is 1. The first-order chi connectivity index (χ1) is 27.1. The molecule has 0 spiro atoms. The quantitative estimate of drug-likeness (QED) is 0.150. The average molecular weight is 888 g/mol. The maximum atomic E-state index is 8.96. The van der Waals surface area contributed by atoms with Crippen LogP contribution in [-0.2, 0) is 33.8 Å². The summed E-state index contributed by atoms with van der Waals surface area (Å²) in [6, 6.07) is 39.0. The van der Waals surface area contributed by atoms with Crippen molar-refractivity contribution < 1.29 is 31.3 Å². The number of aromatic nitrogens is 4. The van der Waals surface area contributed by atoms with Gasteiger partial charge in [0.15, 0.2) is 0 Å². The predicted molar refractivity (Wildman–Crippen MR) is 218 cm³/mol. The number of hydrogen-bond donors (Lipinski definition) is 0. The van der Waals surface area contributed by atoms with Crippen molar-refractivity contribution in [1.29, 1.82) is 0 Å². The summed E-state index contributed by atoms with van der Waals surface area (Å²) in [5.41, 5.74) is 10.6. The van der Waals surface area contributed by atoms with Crippen LogP contribution in [0.1, 0.15) is 52.7 Å². The van der Waals surface area contributed by atoms with Crippen LogP contribution in [-0.4, -0.2) is 19.1 Å². The molecule has 5 aromatic carbocycles. The normalized spacial score (nSPS) is 13.1. The first-order valence-corrected chi connectivity index (χ1v) is 17.8. The summed E-state index contributed by atoms with van der Waals surface area (Å²) in [5, 5.41) is 3.76. The summed E-state index contributed by atoms with van der Waals surface area (Å²) < 4.78 is 46.4. The molecule has 0 saturated heterocycles. The second kappa shape index (κ2) is 14.0. The maximum Gasteiger partial charge on any atom is 2.00 e. The van der Waals surface area contributed by atoms with E-state index >= 15 is 0 Å². The van der Waals surface area contributed by atoms with Gasteiger partial charge in [0.25, 0.3) is 0 Å². The SMILES string of the molecule is [2H]C([2H])(C)c1cc(C)cc2c3cc(C)cc(C([2H])([2H])C)c3n(-c3ccnc(-n4c5[c-]c(Oc6[c-]c(-c7cc(C)ccn7)cc(C)c6)ccc5c5ccccc54)c3)c12.[Pt+2]. The van der Waals surface area contributed by atoms with Gasteiger partial charge in [0.2, 0.25) is 0 Å². The molecule has 4 heterocycles. The third kappa shape index (κ3) is 6.01. The van der Waals surface area contributed by atoms with E-state index in [1.165, 1.54) is 0 Å². The summed E-state index contributed by atoms with van der Waals surface area (Å²) >= 11 is 0. The van der Waals surface area contributed by atoms with Gasteiger partial charge in [-0.05, 0) is 86.1 Å². The van der Waals surface area contributed by atoms with Crippen LogP contribution < -0.4 is 4.74 Å². The van der Waals surface area contributed by atoms with Gasteiger partial charge >= 0.3 is 21.1 Å². The molecule has 5 nitrogen and oxygen atoms in total. The fourth-order valence-electron chi connectivity index (χ4n) is 7.72. The van der Waals surface area contributed by atoms with Gasteiger partial charge in [-0.3, -0.25) is 0 Å². The Labute approximate surface area is 336 Å². The van der Waals surface area contributed by atoms with Crippen LogP contribution in [0.2, 0.25) is 0 Å². The van der Waals surface area contributed by atoms with Gasteiger partial charge in [0, 0.05) is 51.7 Å². The van der Waals surface area contributed by atoms with E-state index in [4.69, 9.17) is 15.2 Å². The molecular formula is C48H40N4OPt. The molecule has 9 rings (SSSR count). The van der Waals surface area contributed by atoms with Gasteiger partial charge in [-0.15, -0.1) is 34.7 Å². The first-order valence-electron chi connectivity index (χ1n) is 19.8. The molecule has 54 heavy (non-hydrogen) atoms. The van der Waals surface area contributed by atoms with Crippen LogP contribution >= 0.6 is 0 Å². The van der Waals surface area contributed by atoms with Gasteiger partial charge in [0.05, 0.1) is 16.7 Å². The van der Waals surface area contributed by atoms with Crippen LogP contribution in [0.3, 0.4) is 0 Å². The van der Waals surface area contributed by atoms with Crippen LogP contribution in [0, 0.1) is 39.8 Å². The minimum Gasteiger partial charge on any atom is -0.503 e. The Morgan fingerprint density at radius 1 is 0.611 bits per heavy atom. The van der Waals surface area contributed by atoms with E-state index in [9.17, 15) is 0 Å². The Bertz CT molecular complexity index is 3010. The molecule has 0 radical (unpaired) electrons. The Morgan fingerprint density at radius 2 is 1.30 bits per heavy atom. The molecule has 0 saturated carbocycles. The second-order valence-electron chi connectivity index (χ2n) is 13.8. The number of pyridine rings is 2. The van der Waals surface area contributed by atoms with Crippen molar-refractivity contribution >= 4 is 43.6 Å². The summed E-state index contributed by atoms with van der Waals surface area (Å²) in [5.74, 6) is 1.70. The zero-order chi connectivity index (χ0) is 40.0. The second-order valence-corrected chi connectivity index (χ2v) is 13.8. The van der Waals surface area contributed by atoms with Crippen molar-refractivity contribution in [2.24, 2.45) is 0 Å². The maximum absolute atomic E-state index is 8.96. The summed E-state index contributed by atoms with van der Waals surface area (Å²) in [6.07, 6.45) is 0.193. The van der Waals surface area contributed by atoms with E-state index in [0.717, 1.165) is 71.8 Å². The van der Waals surface area contributed by atoms with E-state index in [1.54, 1.807) is 26.2 Å². The Balaban J connectivity index is 0.00000469. The number of benzene rings is 5. The first kappa shape index (κ1) is 30.9. The minimum atomic E-state index is -1.68. The number of fused-ring (bicyclic) bond motifs is 6. The van der Waals surface area contributed by atoms with E-state index < -0.39 is 12.7 Å². The fraction of sp³-hybridized carbons (Fsp3) is 0.167. The molecule has 9 aromatic rings. The number of nitrogens with zero attached hydrogens (tertiary/aromatic N) is 4. The zero-order valence-corrected chi connectivity index (χ0v) is 33.2. The molecule has 0 atom stereocenters. The zero-order valence-electron chi connectivity index (χ0n) is 34.9. The van der Waals surface area contributed by atoms with E-state index in [0.29, 0.717) is 39.5 Å². The summed E-state index contributed by atoms with van der Waals surface area (Å²) in [4.78, 5) is 9.49. The molecule has 4 aromatic heterocycles. The molecule has 0 N–H and O–H groups in total. The predicted octanol–water partition coefficient (Wildman–Crippen LogP) is 12.1. The largest absolute Gasteiger partial charge is 2.00 e. The molecule has 6 heteroatoms. The van der Waals surface area contributed by atoms with Crippen LogP contribution in [0.25, 0.3) is 66.4 Å². The van der Waals surface area contributed by atoms with E-state index in [-0.39, 0.29) is 21.1 Å². The minimum absolute atomic E-state index is 0. The average Bonchev–Trinajstić information content (AvgIpc) is 3.65. The standard InChI is InChI=1S/C48H40N4O.Pt/c1-7-33-19-31(5)23-41-42-24-32(6)20-34(8-2)48(42)51(47(33)41)36-16-18-50-46(27-36)52-44-12-10-9-11-39(44)40-14-13-37(28-45(40)52)53-38-22-30(4)21-35(26-38)43-25-29(3)15-17-49-43;/h9-25,27H,7-8H2,1-6H3;/q-2;+2/i7D2,8D2;. The van der Waals surface area contributed by atoms with Gasteiger partial charge in [-0.2, -0.15) is 6.07 Å². The number of para-hydroxylation sites is 1. The van der Waals surface area contributed by atoms with Crippen molar-refractivity contribution in [1.82, 2.24) is 19.1 Å². The van der Waals surface area contributed by atoms with E-state index in [2.05, 4.69) is 45.9 Å². The Hall–Kier alpha value is -5.51. The van der Waals surface area contributed by atoms with Gasteiger partial charge < -0.3 is 18.9 Å². The topological polar surface area (TPSA) is 44.9 Å². The number of aryl methyl sites for hydroxylation is 6.